The molecule has 1 heterocycles. The minimum atomic E-state index is -2.50. The minimum Gasteiger partial charge on any atom is -0.241 e. The van der Waals surface area contributed by atoms with Gasteiger partial charge < -0.3 is 0 Å². The molecule has 0 saturated heterocycles. The first kappa shape index (κ1) is 10.3. The van der Waals surface area contributed by atoms with Crippen molar-refractivity contribution in [3.8, 4) is 0 Å². The standard InChI is InChI=1S/C7H5BrF2IN/c1-3-4(8)2-5(6(9)10)12-7(3)11/h2,6H,1H3. The largest absolute Gasteiger partial charge is 0.280 e. The molecule has 5 heteroatoms. The molecule has 1 aromatic heterocycles. The van der Waals surface area contributed by atoms with E-state index in [1.807, 2.05) is 29.5 Å². The molecule has 0 aliphatic carbocycles. The van der Waals surface area contributed by atoms with Gasteiger partial charge in [-0.3, -0.25) is 0 Å². The van der Waals surface area contributed by atoms with Gasteiger partial charge in [-0.2, -0.15) is 0 Å². The van der Waals surface area contributed by atoms with Gasteiger partial charge in [-0.05, 0) is 41.1 Å². The summed E-state index contributed by atoms with van der Waals surface area (Å²) in [6.45, 7) is 1.83. The van der Waals surface area contributed by atoms with Crippen molar-refractivity contribution in [2.24, 2.45) is 0 Å². The van der Waals surface area contributed by atoms with Crippen molar-refractivity contribution in [2.75, 3.05) is 0 Å². The van der Waals surface area contributed by atoms with Crippen molar-refractivity contribution in [2.45, 2.75) is 13.3 Å². The molecule has 0 unspecified atom stereocenters. The smallest absolute Gasteiger partial charge is 0.241 e. The molecule has 0 saturated carbocycles. The van der Waals surface area contributed by atoms with Gasteiger partial charge in [0.1, 0.15) is 9.39 Å². The third kappa shape index (κ3) is 2.12. The van der Waals surface area contributed by atoms with Crippen molar-refractivity contribution in [3.05, 3.63) is 25.5 Å². The molecule has 0 aliphatic rings. The van der Waals surface area contributed by atoms with Gasteiger partial charge in [0.05, 0.1) is 0 Å². The van der Waals surface area contributed by atoms with E-state index < -0.39 is 6.43 Å². The Labute approximate surface area is 90.8 Å². The number of nitrogens with zero attached hydrogens (tertiary/aromatic N) is 1. The molecule has 0 aliphatic heterocycles. The van der Waals surface area contributed by atoms with Crippen molar-refractivity contribution in [1.29, 1.82) is 0 Å². The number of hydrogen-bond acceptors (Lipinski definition) is 1. The second-order valence-electron chi connectivity index (χ2n) is 2.25. The molecule has 12 heavy (non-hydrogen) atoms. The lowest BCUT2D eigenvalue weighted by molar-refractivity contribution is 0.145. The number of aromatic nitrogens is 1. The van der Waals surface area contributed by atoms with Crippen LogP contribution >= 0.6 is 38.5 Å². The summed E-state index contributed by atoms with van der Waals surface area (Å²) < 4.78 is 25.6. The summed E-state index contributed by atoms with van der Waals surface area (Å²) in [5, 5.41) is 0. The summed E-state index contributed by atoms with van der Waals surface area (Å²) in [6, 6.07) is 1.35. The van der Waals surface area contributed by atoms with Crippen LogP contribution in [-0.4, -0.2) is 4.98 Å². The molecule has 0 atom stereocenters. The third-order valence-electron chi connectivity index (χ3n) is 1.39. The number of rotatable bonds is 1. The van der Waals surface area contributed by atoms with Crippen LogP contribution in [0.2, 0.25) is 0 Å². The Morgan fingerprint density at radius 3 is 2.58 bits per heavy atom. The lowest BCUT2D eigenvalue weighted by atomic mass is 10.3. The monoisotopic (exact) mass is 347 g/mol. The number of pyridine rings is 1. The van der Waals surface area contributed by atoms with E-state index in [1.165, 1.54) is 6.07 Å². The average Bonchev–Trinajstić information content (AvgIpc) is 1.99. The first-order valence-corrected chi connectivity index (χ1v) is 5.00. The summed E-state index contributed by atoms with van der Waals surface area (Å²) >= 11 is 5.12. The molecular formula is C7H5BrF2IN. The number of hydrogen-bond donors (Lipinski definition) is 0. The van der Waals surface area contributed by atoms with Gasteiger partial charge in [-0.15, -0.1) is 0 Å². The van der Waals surface area contributed by atoms with Crippen LogP contribution in [0.1, 0.15) is 17.7 Å². The molecule has 1 rings (SSSR count). The second kappa shape index (κ2) is 3.95. The SMILES string of the molecule is Cc1c(Br)cc(C(F)F)nc1I. The zero-order chi connectivity index (χ0) is 9.30. The van der Waals surface area contributed by atoms with Gasteiger partial charge >= 0.3 is 0 Å². The van der Waals surface area contributed by atoms with Crippen LogP contribution in [0, 0.1) is 10.6 Å². The van der Waals surface area contributed by atoms with Crippen LogP contribution in [0.4, 0.5) is 8.78 Å². The summed E-state index contributed by atoms with van der Waals surface area (Å²) in [5.41, 5.74) is 0.705. The fourth-order valence-corrected chi connectivity index (χ4v) is 2.04. The maximum absolute atomic E-state index is 12.2. The molecule has 0 bridgehead atoms. The fourth-order valence-electron chi connectivity index (χ4n) is 0.678. The van der Waals surface area contributed by atoms with E-state index in [1.54, 1.807) is 0 Å². The van der Waals surface area contributed by atoms with Crippen LogP contribution in [0.25, 0.3) is 0 Å². The van der Waals surface area contributed by atoms with Crippen molar-refractivity contribution in [3.63, 3.8) is 0 Å². The lowest BCUT2D eigenvalue weighted by Crippen LogP contribution is -1.95. The molecule has 0 fully saturated rings. The van der Waals surface area contributed by atoms with Crippen LogP contribution in [0.15, 0.2) is 10.5 Å². The Morgan fingerprint density at radius 1 is 1.58 bits per heavy atom. The predicted octanol–water partition coefficient (Wildman–Crippen LogP) is 3.69. The molecule has 0 N–H and O–H groups in total. The number of halogens is 4. The Bertz CT molecular complexity index is 280. The normalized spacial score (nSPS) is 10.8. The summed E-state index contributed by atoms with van der Waals surface area (Å²) in [7, 11) is 0. The first-order valence-electron chi connectivity index (χ1n) is 3.13. The van der Waals surface area contributed by atoms with Gasteiger partial charge in [0.15, 0.2) is 0 Å². The van der Waals surface area contributed by atoms with Crippen molar-refractivity contribution < 1.29 is 8.78 Å². The molecule has 1 aromatic rings. The van der Waals surface area contributed by atoms with Gasteiger partial charge in [0, 0.05) is 4.47 Å². The summed E-state index contributed by atoms with van der Waals surface area (Å²) in [6.07, 6.45) is -2.50. The van der Waals surface area contributed by atoms with Crippen molar-refractivity contribution >= 4 is 38.5 Å². The highest BCUT2D eigenvalue weighted by Gasteiger charge is 2.12. The van der Waals surface area contributed by atoms with Gasteiger partial charge in [-0.1, -0.05) is 15.9 Å². The van der Waals surface area contributed by atoms with E-state index in [9.17, 15) is 8.78 Å². The Hall–Kier alpha value is 0.220. The van der Waals surface area contributed by atoms with E-state index in [-0.39, 0.29) is 5.69 Å². The summed E-state index contributed by atoms with van der Waals surface area (Å²) in [4.78, 5) is 3.74. The van der Waals surface area contributed by atoms with E-state index in [2.05, 4.69) is 20.9 Å². The zero-order valence-corrected chi connectivity index (χ0v) is 9.86. The summed E-state index contributed by atoms with van der Waals surface area (Å²) in [5.74, 6) is 0. The van der Waals surface area contributed by atoms with Crippen LogP contribution in [0.3, 0.4) is 0 Å². The van der Waals surface area contributed by atoms with Crippen molar-refractivity contribution in [1.82, 2.24) is 4.98 Å². The molecule has 0 aromatic carbocycles. The fraction of sp³-hybridized carbons (Fsp3) is 0.286. The third-order valence-corrected chi connectivity index (χ3v) is 3.27. The highest BCUT2D eigenvalue weighted by atomic mass is 127. The maximum atomic E-state index is 12.2. The molecular weight excluding hydrogens is 343 g/mol. The minimum absolute atomic E-state index is 0.183. The first-order chi connectivity index (χ1) is 5.52. The Balaban J connectivity index is 3.21. The predicted molar refractivity (Wildman–Crippen MR) is 54.3 cm³/mol. The molecule has 0 spiro atoms. The Kier molecular flexibility index (Phi) is 3.39. The van der Waals surface area contributed by atoms with Gasteiger partial charge in [0.25, 0.3) is 6.43 Å². The molecule has 1 nitrogen and oxygen atoms in total. The van der Waals surface area contributed by atoms with Crippen LogP contribution in [-0.2, 0) is 0 Å². The molecule has 0 radical (unpaired) electrons. The van der Waals surface area contributed by atoms with Gasteiger partial charge in [-0.25, -0.2) is 13.8 Å². The Morgan fingerprint density at radius 2 is 2.17 bits per heavy atom. The number of alkyl halides is 2. The van der Waals surface area contributed by atoms with E-state index in [0.29, 0.717) is 8.17 Å². The van der Waals surface area contributed by atoms with Crippen LogP contribution < -0.4 is 0 Å². The van der Waals surface area contributed by atoms with E-state index in [0.717, 1.165) is 5.56 Å². The average molecular weight is 348 g/mol. The highest BCUT2D eigenvalue weighted by Crippen LogP contribution is 2.25. The van der Waals surface area contributed by atoms with E-state index in [4.69, 9.17) is 0 Å². The van der Waals surface area contributed by atoms with E-state index >= 15 is 0 Å². The highest BCUT2D eigenvalue weighted by molar-refractivity contribution is 14.1. The zero-order valence-electron chi connectivity index (χ0n) is 6.11. The van der Waals surface area contributed by atoms with Gasteiger partial charge in [0.2, 0.25) is 0 Å². The second-order valence-corrected chi connectivity index (χ2v) is 4.12. The topological polar surface area (TPSA) is 12.9 Å². The maximum Gasteiger partial charge on any atom is 0.280 e. The lowest BCUT2D eigenvalue weighted by Gasteiger charge is -2.04. The van der Waals surface area contributed by atoms with Crippen LogP contribution in [0.5, 0.6) is 0 Å². The molecule has 0 amide bonds. The molecule has 66 valence electrons. The quantitative estimate of drug-likeness (QED) is 0.557.